The third kappa shape index (κ3) is 33.7. The molecule has 0 unspecified atom stereocenters. The number of carbonyl (C=O) groups excluding carboxylic acids is 4. The number of aromatic nitrogens is 5. The number of nitrogens with zero attached hydrogens (tertiary/aromatic N) is 7. The Morgan fingerprint density at radius 3 is 1.27 bits per heavy atom. The standard InChI is InChI=1S/C21H15Cl2F3N4O2.C16H11ClF3NO3.C16H13ClF3NO.C8H7NO4.C7H5ClF3N.C6H5N3O.C2H6O.CH4.BH2O.2ClH.Sn/c1-10-2-4-12(8-15(10)30-20(32)18-17(23)19(27)29-9-28-18)16(31)7-11-3-5-14(22)13(6-11)21(24,25)26;1-9-2-4-11(8-14(9)21(23)24)15(22)7-10-3-5-13(17)12(6-10)16(18,19)20;1-9-2-4-11(8-14(9)21)15(22)7-10-3-5-13(17)12(6-10)16(18,19)20;1-5-2-3-6(8(10)11)4-7(5)9(12)13;8-6-2-1-4(12)3-5(6)7(9,10)11;10-9-6-4-2-1-3-5(6)7-8-9;1-2-3;;1-2;;;/h2-6,8-9H,7H2,1H3,(H,30,32)(H2,27,28,29);2-6,8H,7H2,1H3;2-6,8H,7,21H2,1H3;2-4H,1H3,(H,10,11);1-3H,12H2;1-4,10H;3H,2H2,1H3;1H4;1-2H;2*1H;/q;;;;;;;;;;;+2/p-2/i;;;;;;;;1T;;;. The Balaban J connectivity index is 0.000000507. The molecule has 45 heteroatoms. The topological polar surface area (TPSA) is 399 Å². The molecule has 9 aromatic carbocycles. The predicted molar refractivity (Wildman–Crippen MR) is 444 cm³/mol. The van der Waals surface area contributed by atoms with Crippen LogP contribution in [0.4, 0.5) is 86.9 Å². The van der Waals surface area contributed by atoms with Crippen LogP contribution in [0.25, 0.3) is 11.0 Å². The summed E-state index contributed by atoms with van der Waals surface area (Å²) in [7, 11) is 10.1. The van der Waals surface area contributed by atoms with Crippen molar-refractivity contribution in [1.29, 1.82) is 1.34 Å². The number of carboxylic acids is 1. The molecule has 2 heterocycles. The maximum atomic E-state index is 13.1. The van der Waals surface area contributed by atoms with E-state index in [1.807, 2.05) is 12.1 Å². The Kier molecular flexibility index (Phi) is 42.8. The minimum atomic E-state index is -4.64. The normalized spacial score (nSPS) is 10.7. The number of hydrogen-bond donors (Lipinski definition) is 8. The van der Waals surface area contributed by atoms with E-state index in [-0.39, 0.29) is 124 Å². The van der Waals surface area contributed by atoms with Gasteiger partial charge in [0, 0.05) is 84.2 Å². The predicted octanol–water partition coefficient (Wildman–Crippen LogP) is 20.7. The molecule has 649 valence electrons. The zero-order valence-electron chi connectivity index (χ0n) is 63.7. The number of rotatable bonds is 14. The van der Waals surface area contributed by atoms with Crippen molar-refractivity contribution in [3.63, 3.8) is 0 Å². The first kappa shape index (κ1) is 106. The summed E-state index contributed by atoms with van der Waals surface area (Å²) in [4.78, 5) is 88.4. The SMILES string of the molecule is C.CCO.Cc1ccc(C(=O)Cc2ccc(Cl)c(C(F)(F)F)c2)cc1N.Cc1ccc(C(=O)Cc2ccc(Cl)c(C(F)(F)F)c2)cc1NC(=O)c1ncnc(N)c1Cl.Cc1ccc(C(=O)Cc2ccc(Cl)c(C(F)(F)F)c2)cc1[N+](=O)[O-].Cc1ccc(C(=O)O)cc1[N+](=O)[O-].Nc1ccc(Cl)c(C(F)(F)F)c1.On1nnc2ccccc21.[3H][B]O.[Cl][Sn][Cl]. The van der Waals surface area contributed by atoms with E-state index in [9.17, 15) is 96.9 Å². The molecule has 24 nitrogen and oxygen atoms in total. The number of aliphatic hydroxyl groups is 1. The second-order valence-corrected chi connectivity index (χ2v) is 30.4. The van der Waals surface area contributed by atoms with Gasteiger partial charge in [-0.2, -0.15) is 52.7 Å². The quantitative estimate of drug-likeness (QED) is 0.00953. The van der Waals surface area contributed by atoms with Crippen molar-refractivity contribution in [3.8, 4) is 0 Å². The second-order valence-electron chi connectivity index (χ2n) is 24.1. The summed E-state index contributed by atoms with van der Waals surface area (Å²) in [5.41, 5.74) is 17.6. The molecule has 0 saturated carbocycles. The van der Waals surface area contributed by atoms with Crippen LogP contribution >= 0.6 is 75.8 Å². The molecule has 0 aliphatic carbocycles. The van der Waals surface area contributed by atoms with Crippen molar-refractivity contribution < 1.29 is 107 Å². The van der Waals surface area contributed by atoms with Crippen molar-refractivity contribution in [1.82, 2.24) is 25.1 Å². The van der Waals surface area contributed by atoms with Crippen LogP contribution in [0.3, 0.4) is 0 Å². The Morgan fingerprint density at radius 1 is 0.541 bits per heavy atom. The zero-order valence-corrected chi connectivity index (χ0v) is 70.8. The fourth-order valence-electron chi connectivity index (χ4n) is 9.56. The second kappa shape index (κ2) is 49.5. The Morgan fingerprint density at radius 2 is 0.893 bits per heavy atom. The molecule has 0 saturated heterocycles. The number of nitrogens with one attached hydrogen (secondary N) is 1. The molecule has 0 spiro atoms. The number of carboxylic acid groups (broad SMARTS) is 1. The number of amides is 1. The average Bonchev–Trinajstić information content (AvgIpc) is 1.55. The molecule has 11 aromatic rings. The summed E-state index contributed by atoms with van der Waals surface area (Å²) in [6, 6.07) is 37.5. The number of hydrogen-bond acceptors (Lipinski definition) is 19. The van der Waals surface area contributed by atoms with E-state index < -0.39 is 109 Å². The van der Waals surface area contributed by atoms with E-state index in [1.165, 1.54) is 73.7 Å². The zero-order chi connectivity index (χ0) is 92.6. The summed E-state index contributed by atoms with van der Waals surface area (Å²) in [6.45, 7) is 8.53. The van der Waals surface area contributed by atoms with Crippen LogP contribution in [0.2, 0.25) is 25.1 Å². The van der Waals surface area contributed by atoms with E-state index in [4.69, 9.17) is 115 Å². The number of nitrogens with two attached hydrogens (primary N) is 3. The molecule has 11 rings (SSSR count). The first-order chi connectivity index (χ1) is 56.8. The van der Waals surface area contributed by atoms with Gasteiger partial charge in [-0.25, -0.2) is 14.8 Å². The Labute approximate surface area is 731 Å². The van der Waals surface area contributed by atoms with Crippen LogP contribution in [0.15, 0.2) is 176 Å². The third-order valence-corrected chi connectivity index (χ3v) is 17.2. The van der Waals surface area contributed by atoms with Crippen LogP contribution in [0, 0.1) is 47.9 Å². The number of para-hydroxylation sites is 1. The number of fused-ring (bicyclic) bond motifs is 1. The number of benzene rings is 9. The van der Waals surface area contributed by atoms with Crippen LogP contribution in [-0.2, 0) is 44.0 Å². The van der Waals surface area contributed by atoms with Crippen molar-refractivity contribution in [2.75, 3.05) is 29.1 Å². The molecular formula is C77H68BCl7F12N11O13Sn. The summed E-state index contributed by atoms with van der Waals surface area (Å²) >= 11 is 27.1. The van der Waals surface area contributed by atoms with E-state index in [0.717, 1.165) is 77.4 Å². The Hall–Kier alpha value is -10.6. The van der Waals surface area contributed by atoms with Gasteiger partial charge in [0.2, 0.25) is 0 Å². The van der Waals surface area contributed by atoms with Gasteiger partial charge in [-0.15, -0.1) is 5.10 Å². The van der Waals surface area contributed by atoms with Gasteiger partial charge in [0.1, 0.15) is 28.2 Å². The van der Waals surface area contributed by atoms with Crippen molar-refractivity contribution in [2.24, 2.45) is 0 Å². The van der Waals surface area contributed by atoms with Gasteiger partial charge in [0.05, 0.1) is 57.8 Å². The van der Waals surface area contributed by atoms with Crippen LogP contribution in [0.1, 0.15) is 127 Å². The number of alkyl halides is 12. The number of nitro benzene ring substituents is 2. The number of aryl methyl sites for hydroxylation is 4. The number of aromatic carboxylic acids is 1. The van der Waals surface area contributed by atoms with Gasteiger partial charge in [-0.3, -0.25) is 39.4 Å². The van der Waals surface area contributed by atoms with E-state index >= 15 is 0 Å². The minimum absolute atomic E-state index is 0. The number of nitrogen functional groups attached to an aromatic ring is 3. The molecular weight excluding hydrogens is 1890 g/mol. The molecule has 0 bridgehead atoms. The van der Waals surface area contributed by atoms with E-state index in [1.54, 1.807) is 58.0 Å². The molecule has 3 radical (unpaired) electrons. The Bertz CT molecular complexity index is 5520. The molecule has 122 heavy (non-hydrogen) atoms. The number of Topliss-reactive ketones (excluding diaryl/α,β-unsaturated/α-hetero) is 3. The van der Waals surface area contributed by atoms with Crippen molar-refractivity contribution in [2.45, 2.75) is 86.0 Å². The van der Waals surface area contributed by atoms with E-state index in [2.05, 4.69) is 25.6 Å². The van der Waals surface area contributed by atoms with Gasteiger partial charge < -0.3 is 43.0 Å². The van der Waals surface area contributed by atoms with Gasteiger partial charge in [0.25, 0.3) is 25.3 Å². The molecule has 0 aliphatic rings. The van der Waals surface area contributed by atoms with Crippen LogP contribution < -0.4 is 22.5 Å². The van der Waals surface area contributed by atoms with Crippen molar-refractivity contribution >= 4 is 177 Å². The number of halogens is 19. The number of aliphatic hydroxyl groups excluding tert-OH is 1. The van der Waals surface area contributed by atoms with Gasteiger partial charge in [-0.1, -0.05) is 143 Å². The number of nitro groups is 2. The van der Waals surface area contributed by atoms with Gasteiger partial charge in [-0.05, 0) is 153 Å². The fraction of sp³-hybridized carbons (Fsp3) is 0.182. The van der Waals surface area contributed by atoms with Crippen LogP contribution in [-0.4, -0.2) is 119 Å². The van der Waals surface area contributed by atoms with Crippen molar-refractivity contribution in [3.05, 3.63) is 311 Å². The first-order valence-corrected chi connectivity index (χ1v) is 42.4. The molecule has 1 amide bonds. The molecule has 0 atom stereocenters. The van der Waals surface area contributed by atoms with Crippen LogP contribution in [0.5, 0.6) is 0 Å². The molecule has 0 aliphatic heterocycles. The fourth-order valence-corrected chi connectivity index (χ4v) is 10.6. The average molecular weight is 1960 g/mol. The number of carbonyl (C=O) groups is 5. The van der Waals surface area contributed by atoms with Gasteiger partial charge >= 0.3 is 67.4 Å². The molecule has 0 fully saturated rings. The summed E-state index contributed by atoms with van der Waals surface area (Å²) in [5.74, 6) is -3.16. The summed E-state index contributed by atoms with van der Waals surface area (Å²) < 4.78 is 158. The molecule has 11 N–H and O–H groups in total. The van der Waals surface area contributed by atoms with E-state index in [0.29, 0.717) is 44.7 Å². The number of ketones is 3. The maximum absolute atomic E-state index is 13.1. The molecule has 2 aromatic heterocycles. The third-order valence-electron chi connectivity index (χ3n) is 15.6. The van der Waals surface area contributed by atoms with Gasteiger partial charge in [0.15, 0.2) is 23.0 Å². The number of anilines is 4. The summed E-state index contributed by atoms with van der Waals surface area (Å²) in [5, 5.41) is 61.5. The summed E-state index contributed by atoms with van der Waals surface area (Å²) in [6.07, 6.45) is -17.9. The first-order valence-electron chi connectivity index (χ1n) is 33.9. The monoisotopic (exact) mass is 1960 g/mol.